The van der Waals surface area contributed by atoms with Crippen molar-refractivity contribution >= 4 is 10.9 Å². The van der Waals surface area contributed by atoms with Crippen LogP contribution in [0.1, 0.15) is 5.56 Å². The molecule has 2 heterocycles. The molecule has 22 heavy (non-hydrogen) atoms. The van der Waals surface area contributed by atoms with Crippen molar-refractivity contribution < 1.29 is 0 Å². The number of benzene rings is 2. The summed E-state index contributed by atoms with van der Waals surface area (Å²) < 4.78 is 1.88. The first-order chi connectivity index (χ1) is 10.8. The molecule has 3 nitrogen and oxygen atoms in total. The average Bonchev–Trinajstić information content (AvgIpc) is 3.06. The van der Waals surface area contributed by atoms with Crippen LogP contribution in [-0.2, 0) is 0 Å². The van der Waals surface area contributed by atoms with Crippen LogP contribution in [0.4, 0.5) is 0 Å². The topological polar surface area (TPSA) is 30.7 Å². The molecule has 4 aromatic rings. The fraction of sp³-hybridized carbons (Fsp3) is 0.0526. The Hall–Kier alpha value is -2.94. The van der Waals surface area contributed by atoms with Crippen molar-refractivity contribution in [2.75, 3.05) is 0 Å². The lowest BCUT2D eigenvalue weighted by atomic mass is 10.1. The minimum Gasteiger partial charge on any atom is -0.248 e. The first-order valence-electron chi connectivity index (χ1n) is 7.28. The number of rotatable bonds is 2. The molecule has 0 radical (unpaired) electrons. The Morgan fingerprint density at radius 1 is 0.909 bits per heavy atom. The lowest BCUT2D eigenvalue weighted by Gasteiger charge is -2.04. The van der Waals surface area contributed by atoms with Gasteiger partial charge in [-0.2, -0.15) is 5.10 Å². The van der Waals surface area contributed by atoms with E-state index in [1.807, 2.05) is 65.6 Å². The molecule has 0 aliphatic heterocycles. The fourth-order valence-electron chi connectivity index (χ4n) is 2.67. The highest BCUT2D eigenvalue weighted by molar-refractivity contribution is 5.84. The molecule has 0 aliphatic carbocycles. The molecule has 0 saturated heterocycles. The Balaban J connectivity index is 1.81. The largest absolute Gasteiger partial charge is 0.248 e. The molecule has 2 aromatic carbocycles. The monoisotopic (exact) mass is 285 g/mol. The van der Waals surface area contributed by atoms with Crippen molar-refractivity contribution in [2.45, 2.75) is 6.92 Å². The maximum absolute atomic E-state index is 4.76. The van der Waals surface area contributed by atoms with Crippen LogP contribution in [0, 0.1) is 6.92 Å². The van der Waals surface area contributed by atoms with Crippen molar-refractivity contribution in [3.05, 3.63) is 78.6 Å². The van der Waals surface area contributed by atoms with Gasteiger partial charge in [-0.15, -0.1) is 0 Å². The lowest BCUT2D eigenvalue weighted by molar-refractivity contribution is 0.881. The maximum Gasteiger partial charge on any atom is 0.0744 e. The van der Waals surface area contributed by atoms with E-state index < -0.39 is 0 Å². The van der Waals surface area contributed by atoms with E-state index in [0.29, 0.717) is 0 Å². The number of pyridine rings is 1. The first kappa shape index (κ1) is 12.8. The van der Waals surface area contributed by atoms with Crippen molar-refractivity contribution in [2.24, 2.45) is 0 Å². The van der Waals surface area contributed by atoms with Gasteiger partial charge in [0.1, 0.15) is 0 Å². The highest BCUT2D eigenvalue weighted by atomic mass is 15.3. The normalized spacial score (nSPS) is 11.0. The van der Waals surface area contributed by atoms with Crippen molar-refractivity contribution in [1.29, 1.82) is 0 Å². The predicted molar refractivity (Wildman–Crippen MR) is 89.0 cm³/mol. The van der Waals surface area contributed by atoms with Crippen LogP contribution in [0.2, 0.25) is 0 Å². The molecule has 106 valence electrons. The van der Waals surface area contributed by atoms with Crippen LogP contribution >= 0.6 is 0 Å². The molecule has 0 unspecified atom stereocenters. The highest BCUT2D eigenvalue weighted by Gasteiger charge is 2.07. The number of para-hydroxylation sites is 2. The summed E-state index contributed by atoms with van der Waals surface area (Å²) in [4.78, 5) is 4.76. The van der Waals surface area contributed by atoms with Gasteiger partial charge in [0, 0.05) is 17.1 Å². The van der Waals surface area contributed by atoms with E-state index in [0.717, 1.165) is 22.5 Å². The van der Waals surface area contributed by atoms with Gasteiger partial charge >= 0.3 is 0 Å². The summed E-state index contributed by atoms with van der Waals surface area (Å²) >= 11 is 0. The second-order valence-electron chi connectivity index (χ2n) is 5.35. The minimum atomic E-state index is 0.957. The van der Waals surface area contributed by atoms with E-state index in [2.05, 4.69) is 24.2 Å². The second-order valence-corrected chi connectivity index (χ2v) is 5.35. The molecular formula is C19H15N3. The molecule has 0 spiro atoms. The van der Waals surface area contributed by atoms with Crippen LogP contribution in [0.15, 0.2) is 73.1 Å². The van der Waals surface area contributed by atoms with E-state index in [1.54, 1.807) is 0 Å². The number of hydrogen-bond donors (Lipinski definition) is 0. The van der Waals surface area contributed by atoms with Crippen LogP contribution in [0.5, 0.6) is 0 Å². The summed E-state index contributed by atoms with van der Waals surface area (Å²) in [6.45, 7) is 2.12. The summed E-state index contributed by atoms with van der Waals surface area (Å²) in [7, 11) is 0. The zero-order chi connectivity index (χ0) is 14.9. The summed E-state index contributed by atoms with van der Waals surface area (Å²) in [5.74, 6) is 0. The van der Waals surface area contributed by atoms with Crippen molar-refractivity contribution in [1.82, 2.24) is 14.8 Å². The third-order valence-corrected chi connectivity index (χ3v) is 3.82. The lowest BCUT2D eigenvalue weighted by Crippen LogP contribution is -1.92. The smallest absolute Gasteiger partial charge is 0.0744 e. The van der Waals surface area contributed by atoms with Gasteiger partial charge in [0.2, 0.25) is 0 Å². The molecular weight excluding hydrogens is 270 g/mol. The Morgan fingerprint density at radius 3 is 2.55 bits per heavy atom. The van der Waals surface area contributed by atoms with E-state index in [-0.39, 0.29) is 0 Å². The van der Waals surface area contributed by atoms with Crippen molar-refractivity contribution in [3.8, 4) is 16.9 Å². The summed E-state index contributed by atoms with van der Waals surface area (Å²) in [6, 6.07) is 20.4. The minimum absolute atomic E-state index is 0.957. The number of aromatic nitrogens is 3. The zero-order valence-corrected chi connectivity index (χ0v) is 12.3. The zero-order valence-electron chi connectivity index (χ0n) is 12.3. The fourth-order valence-corrected chi connectivity index (χ4v) is 2.67. The predicted octanol–water partition coefficient (Wildman–Crippen LogP) is 4.40. The standard InChI is InChI=1S/C19H15N3/c1-14-11-19(21-18-10-6-5-9-17(14)18)15-12-20-22(13-15)16-7-3-2-4-8-16/h2-13H,1H3. The van der Waals surface area contributed by atoms with Gasteiger partial charge in [-0.3, -0.25) is 0 Å². The second kappa shape index (κ2) is 5.11. The van der Waals surface area contributed by atoms with Gasteiger partial charge in [0.15, 0.2) is 0 Å². The first-order valence-corrected chi connectivity index (χ1v) is 7.28. The van der Waals surface area contributed by atoms with E-state index >= 15 is 0 Å². The molecule has 0 aliphatic rings. The molecule has 3 heteroatoms. The van der Waals surface area contributed by atoms with Gasteiger partial charge in [-0.25, -0.2) is 9.67 Å². The summed E-state index contributed by atoms with van der Waals surface area (Å²) in [5.41, 5.74) is 5.28. The number of fused-ring (bicyclic) bond motifs is 1. The third kappa shape index (κ3) is 2.17. The average molecular weight is 285 g/mol. The summed E-state index contributed by atoms with van der Waals surface area (Å²) in [6.07, 6.45) is 3.88. The quantitative estimate of drug-likeness (QED) is 0.546. The van der Waals surface area contributed by atoms with Crippen LogP contribution in [0.25, 0.3) is 27.8 Å². The SMILES string of the molecule is Cc1cc(-c2cnn(-c3ccccc3)c2)nc2ccccc12. The Morgan fingerprint density at radius 2 is 1.68 bits per heavy atom. The number of aryl methyl sites for hydroxylation is 1. The van der Waals surface area contributed by atoms with E-state index in [1.165, 1.54) is 10.9 Å². The van der Waals surface area contributed by atoms with Gasteiger partial charge in [-0.1, -0.05) is 36.4 Å². The summed E-state index contributed by atoms with van der Waals surface area (Å²) in [5, 5.41) is 5.65. The molecule has 0 amide bonds. The van der Waals surface area contributed by atoms with Gasteiger partial charge in [0.05, 0.1) is 23.1 Å². The Kier molecular flexibility index (Phi) is 2.97. The molecule has 0 fully saturated rings. The van der Waals surface area contributed by atoms with E-state index in [9.17, 15) is 0 Å². The van der Waals surface area contributed by atoms with Gasteiger partial charge in [0.25, 0.3) is 0 Å². The molecule has 0 atom stereocenters. The highest BCUT2D eigenvalue weighted by Crippen LogP contribution is 2.24. The molecule has 4 rings (SSSR count). The molecule has 2 aromatic heterocycles. The Labute approximate surface area is 128 Å². The third-order valence-electron chi connectivity index (χ3n) is 3.82. The molecule has 0 saturated carbocycles. The molecule has 0 bridgehead atoms. The van der Waals surface area contributed by atoms with Crippen LogP contribution < -0.4 is 0 Å². The van der Waals surface area contributed by atoms with Crippen LogP contribution in [-0.4, -0.2) is 14.8 Å². The van der Waals surface area contributed by atoms with Gasteiger partial charge < -0.3 is 0 Å². The Bertz CT molecular complexity index is 939. The number of nitrogens with zero attached hydrogens (tertiary/aromatic N) is 3. The van der Waals surface area contributed by atoms with E-state index in [4.69, 9.17) is 4.98 Å². The number of hydrogen-bond acceptors (Lipinski definition) is 2. The van der Waals surface area contributed by atoms with Gasteiger partial charge in [-0.05, 0) is 36.8 Å². The van der Waals surface area contributed by atoms with Crippen LogP contribution in [0.3, 0.4) is 0 Å². The molecule has 0 N–H and O–H groups in total. The van der Waals surface area contributed by atoms with Crippen molar-refractivity contribution in [3.63, 3.8) is 0 Å². The maximum atomic E-state index is 4.76.